The Kier molecular flexibility index (Phi) is 3.59. The highest BCUT2D eigenvalue weighted by atomic mass is 14.9. The fourth-order valence-corrected chi connectivity index (χ4v) is 6.22. The number of hydrogen-bond donors (Lipinski definition) is 0. The number of fused-ring (bicyclic) bond motifs is 8. The van der Waals surface area contributed by atoms with Crippen LogP contribution in [0, 0.1) is 13.8 Å². The van der Waals surface area contributed by atoms with E-state index in [4.69, 9.17) is 0 Å². The Bertz CT molecular complexity index is 1980. The summed E-state index contributed by atoms with van der Waals surface area (Å²) in [7, 11) is 0. The van der Waals surface area contributed by atoms with Crippen LogP contribution in [0.4, 0.5) is 0 Å². The highest BCUT2D eigenvalue weighted by molar-refractivity contribution is 6.26. The van der Waals surface area contributed by atoms with Crippen LogP contribution in [0.3, 0.4) is 0 Å². The zero-order valence-electron chi connectivity index (χ0n) is 19.8. The van der Waals surface area contributed by atoms with Gasteiger partial charge in [-0.1, -0.05) is 77.9 Å². The lowest BCUT2D eigenvalue weighted by atomic mass is 9.96. The zero-order valence-corrected chi connectivity index (χ0v) is 19.8. The molecule has 0 radical (unpaired) electrons. The van der Waals surface area contributed by atoms with E-state index in [-0.39, 0.29) is 0 Å². The molecular formula is C34H23N. The highest BCUT2D eigenvalue weighted by Crippen LogP contribution is 2.43. The molecule has 1 heteroatoms. The second-order valence-corrected chi connectivity index (χ2v) is 10.1. The van der Waals surface area contributed by atoms with Gasteiger partial charge in [-0.2, -0.15) is 0 Å². The minimum Gasteiger partial charge on any atom is -0.308 e. The Labute approximate surface area is 203 Å². The van der Waals surface area contributed by atoms with E-state index in [2.05, 4.69) is 121 Å². The van der Waals surface area contributed by atoms with Gasteiger partial charge in [0.05, 0.1) is 16.6 Å². The normalized spacial score (nSPS) is 12.3. The molecule has 0 amide bonds. The molecule has 8 aromatic rings. The summed E-state index contributed by atoms with van der Waals surface area (Å²) in [6.07, 6.45) is 0. The predicted molar refractivity (Wildman–Crippen MR) is 151 cm³/mol. The van der Waals surface area contributed by atoms with Crippen molar-refractivity contribution in [1.29, 1.82) is 0 Å². The molecule has 0 aliphatic rings. The second-order valence-electron chi connectivity index (χ2n) is 10.1. The summed E-state index contributed by atoms with van der Waals surface area (Å²) in [5, 5.41) is 10.5. The van der Waals surface area contributed by atoms with E-state index >= 15 is 0 Å². The average molecular weight is 446 g/mol. The van der Waals surface area contributed by atoms with E-state index in [9.17, 15) is 0 Å². The monoisotopic (exact) mass is 445 g/mol. The standard InChI is InChI=1S/C34H23N/c1-20-11-21(2)13-26(12-20)27-16-30-28-14-22-7-3-5-9-24(22)18-32(28)35-33-19-25-10-6-4-8-23(25)15-29(33)31(17-27)34(30)35/h3-19H,1-2H3. The minimum atomic E-state index is 1.28. The molecule has 0 aliphatic heterocycles. The van der Waals surface area contributed by atoms with E-state index < -0.39 is 0 Å². The van der Waals surface area contributed by atoms with Gasteiger partial charge in [-0.3, -0.25) is 0 Å². The first-order chi connectivity index (χ1) is 17.1. The van der Waals surface area contributed by atoms with Crippen LogP contribution in [-0.2, 0) is 0 Å². The summed E-state index contributed by atoms with van der Waals surface area (Å²) in [6.45, 7) is 4.38. The van der Waals surface area contributed by atoms with Crippen molar-refractivity contribution >= 4 is 59.6 Å². The van der Waals surface area contributed by atoms with Gasteiger partial charge < -0.3 is 4.40 Å². The molecule has 2 aromatic heterocycles. The molecule has 0 aliphatic carbocycles. The molecule has 6 aromatic carbocycles. The minimum absolute atomic E-state index is 1.28. The van der Waals surface area contributed by atoms with Gasteiger partial charge in [0.1, 0.15) is 0 Å². The van der Waals surface area contributed by atoms with Gasteiger partial charge in [0.2, 0.25) is 0 Å². The number of nitrogens with zero attached hydrogens (tertiary/aromatic N) is 1. The molecule has 1 nitrogen and oxygen atoms in total. The van der Waals surface area contributed by atoms with E-state index in [1.54, 1.807) is 0 Å². The van der Waals surface area contributed by atoms with Crippen LogP contribution >= 0.6 is 0 Å². The van der Waals surface area contributed by atoms with E-state index in [1.165, 1.54) is 81.9 Å². The van der Waals surface area contributed by atoms with Crippen molar-refractivity contribution in [3.05, 3.63) is 114 Å². The van der Waals surface area contributed by atoms with Crippen molar-refractivity contribution in [3.63, 3.8) is 0 Å². The van der Waals surface area contributed by atoms with E-state index in [0.717, 1.165) is 0 Å². The van der Waals surface area contributed by atoms with Crippen molar-refractivity contribution in [1.82, 2.24) is 4.40 Å². The van der Waals surface area contributed by atoms with Crippen LogP contribution in [0.25, 0.3) is 70.8 Å². The molecule has 0 fully saturated rings. The lowest BCUT2D eigenvalue weighted by Gasteiger charge is -2.07. The van der Waals surface area contributed by atoms with Crippen molar-refractivity contribution in [2.24, 2.45) is 0 Å². The molecule has 35 heavy (non-hydrogen) atoms. The fraction of sp³-hybridized carbons (Fsp3) is 0.0588. The first-order valence-corrected chi connectivity index (χ1v) is 12.3. The third kappa shape index (κ3) is 2.58. The van der Waals surface area contributed by atoms with E-state index in [1.807, 2.05) is 0 Å². The first-order valence-electron chi connectivity index (χ1n) is 12.3. The average Bonchev–Trinajstić information content (AvgIpc) is 3.35. The van der Waals surface area contributed by atoms with Gasteiger partial charge in [0.25, 0.3) is 0 Å². The number of aryl methyl sites for hydroxylation is 2. The van der Waals surface area contributed by atoms with E-state index in [0.29, 0.717) is 0 Å². The number of hydrogen-bond acceptors (Lipinski definition) is 0. The Morgan fingerprint density at radius 2 is 0.857 bits per heavy atom. The molecule has 0 unspecified atom stereocenters. The second kappa shape index (κ2) is 6.61. The molecule has 0 bridgehead atoms. The zero-order chi connectivity index (χ0) is 23.3. The molecule has 0 N–H and O–H groups in total. The molecule has 2 heterocycles. The van der Waals surface area contributed by atoms with Crippen LogP contribution in [0.15, 0.2) is 103 Å². The molecule has 164 valence electrons. The predicted octanol–water partition coefficient (Wildman–Crippen LogP) is 9.43. The van der Waals surface area contributed by atoms with Crippen LogP contribution in [-0.4, -0.2) is 4.40 Å². The SMILES string of the molecule is Cc1cc(C)cc(-c2cc3c4cc5ccccc5cc4n4c5cc6ccccc6cc5c(c2)c34)c1. The molecule has 8 rings (SSSR count). The lowest BCUT2D eigenvalue weighted by molar-refractivity contribution is 1.38. The van der Waals surface area contributed by atoms with Gasteiger partial charge in [0, 0.05) is 21.5 Å². The maximum atomic E-state index is 2.50. The smallest absolute Gasteiger partial charge is 0.0620 e. The Hall–Kier alpha value is -4.36. The summed E-state index contributed by atoms with van der Waals surface area (Å²) in [6, 6.07) is 38.6. The maximum absolute atomic E-state index is 2.50. The van der Waals surface area contributed by atoms with Crippen molar-refractivity contribution in [2.45, 2.75) is 13.8 Å². The fourth-order valence-electron chi connectivity index (χ4n) is 6.22. The Morgan fingerprint density at radius 3 is 1.34 bits per heavy atom. The van der Waals surface area contributed by atoms with Crippen molar-refractivity contribution < 1.29 is 0 Å². The van der Waals surface area contributed by atoms with Crippen LogP contribution in [0.1, 0.15) is 11.1 Å². The van der Waals surface area contributed by atoms with Crippen LogP contribution in [0.2, 0.25) is 0 Å². The molecule has 0 saturated heterocycles. The molecule has 0 atom stereocenters. The van der Waals surface area contributed by atoms with Crippen LogP contribution < -0.4 is 0 Å². The number of benzene rings is 6. The van der Waals surface area contributed by atoms with Gasteiger partial charge in [-0.15, -0.1) is 0 Å². The Balaban J connectivity index is 1.63. The Morgan fingerprint density at radius 1 is 0.429 bits per heavy atom. The quantitative estimate of drug-likeness (QED) is 0.237. The number of rotatable bonds is 1. The summed E-state index contributed by atoms with van der Waals surface area (Å²) in [5.41, 5.74) is 9.07. The van der Waals surface area contributed by atoms with Crippen LogP contribution in [0.5, 0.6) is 0 Å². The summed E-state index contributed by atoms with van der Waals surface area (Å²) >= 11 is 0. The largest absolute Gasteiger partial charge is 0.308 e. The molecular weight excluding hydrogens is 422 g/mol. The maximum Gasteiger partial charge on any atom is 0.0620 e. The highest BCUT2D eigenvalue weighted by Gasteiger charge is 2.20. The summed E-state index contributed by atoms with van der Waals surface area (Å²) < 4.78 is 2.50. The van der Waals surface area contributed by atoms with Gasteiger partial charge in [0.15, 0.2) is 0 Å². The third-order valence-electron chi connectivity index (χ3n) is 7.68. The molecule has 0 saturated carbocycles. The van der Waals surface area contributed by atoms with Crippen molar-refractivity contribution in [2.75, 3.05) is 0 Å². The topological polar surface area (TPSA) is 4.41 Å². The van der Waals surface area contributed by atoms with Gasteiger partial charge >= 0.3 is 0 Å². The third-order valence-corrected chi connectivity index (χ3v) is 7.68. The first kappa shape index (κ1) is 19.0. The number of aromatic nitrogens is 1. The summed E-state index contributed by atoms with van der Waals surface area (Å²) in [4.78, 5) is 0. The summed E-state index contributed by atoms with van der Waals surface area (Å²) in [5.74, 6) is 0. The van der Waals surface area contributed by atoms with Gasteiger partial charge in [-0.05, 0) is 82.9 Å². The van der Waals surface area contributed by atoms with Gasteiger partial charge in [-0.25, -0.2) is 0 Å². The van der Waals surface area contributed by atoms with Crippen molar-refractivity contribution in [3.8, 4) is 11.1 Å². The molecule has 0 spiro atoms. The lowest BCUT2D eigenvalue weighted by Crippen LogP contribution is -1.83.